The molecule has 0 aromatic rings. The fourth-order valence-electron chi connectivity index (χ4n) is 2.49. The van der Waals surface area contributed by atoms with Gasteiger partial charge in [0.1, 0.15) is 0 Å². The van der Waals surface area contributed by atoms with Crippen molar-refractivity contribution in [1.82, 2.24) is 10.6 Å². The Morgan fingerprint density at radius 2 is 2.24 bits per heavy atom. The number of hydrogen-bond acceptors (Lipinski definition) is 3. The largest absolute Gasteiger partial charge is 0.394 e. The molecule has 0 aliphatic carbocycles. The summed E-state index contributed by atoms with van der Waals surface area (Å²) in [6.07, 6.45) is 2.84. The summed E-state index contributed by atoms with van der Waals surface area (Å²) in [6.45, 7) is 7.83. The van der Waals surface area contributed by atoms with Gasteiger partial charge >= 0.3 is 0 Å². The Balaban J connectivity index is 2.65. The lowest BCUT2D eigenvalue weighted by Gasteiger charge is -2.30. The molecule has 1 aliphatic rings. The highest BCUT2D eigenvalue weighted by Crippen LogP contribution is 2.31. The topological polar surface area (TPSA) is 61.4 Å². The molecule has 17 heavy (non-hydrogen) atoms. The number of nitrogens with one attached hydrogen (secondary N) is 2. The van der Waals surface area contributed by atoms with Gasteiger partial charge in [0.2, 0.25) is 5.91 Å². The Bertz CT molecular complexity index is 248. The van der Waals surface area contributed by atoms with Crippen molar-refractivity contribution in [2.24, 2.45) is 11.3 Å². The molecule has 4 nitrogen and oxygen atoms in total. The second-order valence-corrected chi connectivity index (χ2v) is 5.46. The van der Waals surface area contributed by atoms with Gasteiger partial charge in [0.15, 0.2) is 0 Å². The first-order valence-electron chi connectivity index (χ1n) is 6.68. The van der Waals surface area contributed by atoms with Crippen LogP contribution in [0, 0.1) is 11.3 Å². The van der Waals surface area contributed by atoms with Crippen LogP contribution >= 0.6 is 0 Å². The molecule has 1 saturated heterocycles. The number of amides is 1. The maximum absolute atomic E-state index is 12.4. The van der Waals surface area contributed by atoms with Crippen LogP contribution in [0.1, 0.15) is 40.0 Å². The molecule has 1 fully saturated rings. The van der Waals surface area contributed by atoms with Crippen molar-refractivity contribution in [3.05, 3.63) is 0 Å². The maximum Gasteiger partial charge on any atom is 0.227 e. The summed E-state index contributed by atoms with van der Waals surface area (Å²) in [6, 6.07) is -0.128. The number of aliphatic hydroxyl groups excluding tert-OH is 1. The van der Waals surface area contributed by atoms with Gasteiger partial charge in [-0.2, -0.15) is 0 Å². The van der Waals surface area contributed by atoms with E-state index in [-0.39, 0.29) is 29.9 Å². The van der Waals surface area contributed by atoms with Crippen LogP contribution in [-0.4, -0.2) is 36.8 Å². The third-order valence-electron chi connectivity index (χ3n) is 3.77. The standard InChI is InChI=1S/C13H26N2O2/c1-4-5-13(6-7-14-9-13)12(17)15-11(8-16)10(2)3/h10-11,14,16H,4-9H2,1-3H3,(H,15,17)/t11-,13?/m1/s1. The first kappa shape index (κ1) is 14.5. The van der Waals surface area contributed by atoms with Gasteiger partial charge in [0, 0.05) is 6.54 Å². The van der Waals surface area contributed by atoms with E-state index < -0.39 is 0 Å². The fourth-order valence-corrected chi connectivity index (χ4v) is 2.49. The highest BCUT2D eigenvalue weighted by Gasteiger charge is 2.40. The van der Waals surface area contributed by atoms with Crippen molar-refractivity contribution in [1.29, 1.82) is 0 Å². The lowest BCUT2D eigenvalue weighted by atomic mass is 9.81. The SMILES string of the molecule is CCCC1(C(=O)N[C@H](CO)C(C)C)CCNC1. The number of carbonyl (C=O) groups is 1. The molecule has 0 aromatic carbocycles. The minimum atomic E-state index is -0.253. The van der Waals surface area contributed by atoms with E-state index in [0.29, 0.717) is 0 Å². The van der Waals surface area contributed by atoms with Gasteiger partial charge in [-0.05, 0) is 25.3 Å². The second-order valence-electron chi connectivity index (χ2n) is 5.46. The predicted octanol–water partition coefficient (Wildman–Crippen LogP) is 0.899. The molecular formula is C13H26N2O2. The van der Waals surface area contributed by atoms with Gasteiger partial charge < -0.3 is 15.7 Å². The lowest BCUT2D eigenvalue weighted by molar-refractivity contribution is -0.132. The molecule has 2 atom stereocenters. The van der Waals surface area contributed by atoms with Crippen molar-refractivity contribution in [2.45, 2.75) is 46.1 Å². The zero-order chi connectivity index (χ0) is 12.9. The smallest absolute Gasteiger partial charge is 0.227 e. The van der Waals surface area contributed by atoms with Crippen LogP contribution in [0.4, 0.5) is 0 Å². The monoisotopic (exact) mass is 242 g/mol. The Hall–Kier alpha value is -0.610. The Kier molecular flexibility index (Phi) is 5.40. The highest BCUT2D eigenvalue weighted by atomic mass is 16.3. The number of rotatable bonds is 6. The molecule has 0 saturated carbocycles. The summed E-state index contributed by atoms with van der Waals surface area (Å²) in [7, 11) is 0. The molecular weight excluding hydrogens is 216 g/mol. The Labute approximate surface area is 104 Å². The van der Waals surface area contributed by atoms with Crippen molar-refractivity contribution >= 4 is 5.91 Å². The van der Waals surface area contributed by atoms with Crippen molar-refractivity contribution in [3.63, 3.8) is 0 Å². The molecule has 1 rings (SSSR count). The quantitative estimate of drug-likeness (QED) is 0.648. The lowest BCUT2D eigenvalue weighted by Crippen LogP contribution is -2.49. The van der Waals surface area contributed by atoms with Crippen LogP contribution in [0.2, 0.25) is 0 Å². The van der Waals surface area contributed by atoms with E-state index in [1.165, 1.54) is 0 Å². The van der Waals surface area contributed by atoms with E-state index >= 15 is 0 Å². The highest BCUT2D eigenvalue weighted by molar-refractivity contribution is 5.83. The zero-order valence-electron chi connectivity index (χ0n) is 11.3. The van der Waals surface area contributed by atoms with Crippen LogP contribution in [0.3, 0.4) is 0 Å². The predicted molar refractivity (Wildman–Crippen MR) is 68.7 cm³/mol. The summed E-state index contributed by atoms with van der Waals surface area (Å²) in [5, 5.41) is 15.6. The van der Waals surface area contributed by atoms with Crippen molar-refractivity contribution in [3.8, 4) is 0 Å². The average Bonchev–Trinajstić information content (AvgIpc) is 2.75. The summed E-state index contributed by atoms with van der Waals surface area (Å²) >= 11 is 0. The molecule has 3 N–H and O–H groups in total. The van der Waals surface area contributed by atoms with Crippen LogP contribution in [0.5, 0.6) is 0 Å². The molecule has 4 heteroatoms. The molecule has 100 valence electrons. The third kappa shape index (κ3) is 3.42. The maximum atomic E-state index is 12.4. The minimum Gasteiger partial charge on any atom is -0.394 e. The van der Waals surface area contributed by atoms with Crippen LogP contribution < -0.4 is 10.6 Å². The molecule has 1 amide bonds. The molecule has 0 spiro atoms. The van der Waals surface area contributed by atoms with Crippen LogP contribution in [-0.2, 0) is 4.79 Å². The van der Waals surface area contributed by atoms with E-state index in [2.05, 4.69) is 17.6 Å². The Morgan fingerprint density at radius 3 is 2.65 bits per heavy atom. The van der Waals surface area contributed by atoms with E-state index in [0.717, 1.165) is 32.4 Å². The number of carbonyl (C=O) groups excluding carboxylic acids is 1. The average molecular weight is 242 g/mol. The van der Waals surface area contributed by atoms with Crippen LogP contribution in [0.15, 0.2) is 0 Å². The van der Waals surface area contributed by atoms with Crippen molar-refractivity contribution in [2.75, 3.05) is 19.7 Å². The second kappa shape index (κ2) is 6.36. The number of hydrogen-bond donors (Lipinski definition) is 3. The van der Waals surface area contributed by atoms with E-state index in [4.69, 9.17) is 0 Å². The van der Waals surface area contributed by atoms with Gasteiger partial charge in [0.05, 0.1) is 18.1 Å². The van der Waals surface area contributed by atoms with E-state index in [1.807, 2.05) is 13.8 Å². The van der Waals surface area contributed by atoms with Gasteiger partial charge in [-0.3, -0.25) is 4.79 Å². The first-order chi connectivity index (χ1) is 8.05. The third-order valence-corrected chi connectivity index (χ3v) is 3.77. The van der Waals surface area contributed by atoms with Crippen molar-refractivity contribution < 1.29 is 9.90 Å². The summed E-state index contributed by atoms with van der Waals surface area (Å²) in [5.41, 5.74) is -0.253. The van der Waals surface area contributed by atoms with Gasteiger partial charge in [-0.1, -0.05) is 27.2 Å². The van der Waals surface area contributed by atoms with Gasteiger partial charge in [-0.25, -0.2) is 0 Å². The summed E-state index contributed by atoms with van der Waals surface area (Å²) in [4.78, 5) is 12.4. The molecule has 1 aliphatic heterocycles. The molecule has 1 heterocycles. The minimum absolute atomic E-state index is 0.0129. The fraction of sp³-hybridized carbons (Fsp3) is 0.923. The summed E-state index contributed by atoms with van der Waals surface area (Å²) in [5.74, 6) is 0.370. The zero-order valence-corrected chi connectivity index (χ0v) is 11.3. The van der Waals surface area contributed by atoms with Gasteiger partial charge in [0.25, 0.3) is 0 Å². The van der Waals surface area contributed by atoms with Gasteiger partial charge in [-0.15, -0.1) is 0 Å². The molecule has 1 unspecified atom stereocenters. The normalized spacial score (nSPS) is 26.2. The van der Waals surface area contributed by atoms with Crippen LogP contribution in [0.25, 0.3) is 0 Å². The molecule has 0 bridgehead atoms. The van der Waals surface area contributed by atoms with E-state index in [9.17, 15) is 9.90 Å². The summed E-state index contributed by atoms with van der Waals surface area (Å²) < 4.78 is 0. The Morgan fingerprint density at radius 1 is 1.53 bits per heavy atom. The van der Waals surface area contributed by atoms with E-state index in [1.54, 1.807) is 0 Å². The molecule has 0 aromatic heterocycles. The molecule has 0 radical (unpaired) electrons. The number of aliphatic hydroxyl groups is 1. The first-order valence-corrected chi connectivity index (χ1v) is 6.68.